The molecule has 0 spiro atoms. The van der Waals surface area contributed by atoms with Crippen LogP contribution < -0.4 is 5.32 Å². The van der Waals surface area contributed by atoms with Gasteiger partial charge in [0.15, 0.2) is 5.96 Å². The fraction of sp³-hybridized carbons (Fsp3) is 0.778. The van der Waals surface area contributed by atoms with E-state index in [9.17, 15) is 0 Å². The Morgan fingerprint density at radius 2 is 2.20 bits per heavy atom. The zero-order valence-corrected chi connectivity index (χ0v) is 15.7. The lowest BCUT2D eigenvalue weighted by atomic mass is 10.1. The molecule has 0 aromatic carbocycles. The Morgan fingerprint density at radius 1 is 1.36 bits per heavy atom. The van der Waals surface area contributed by atoms with Crippen LogP contribution in [0.15, 0.2) is 17.4 Å². The highest BCUT2D eigenvalue weighted by Crippen LogP contribution is 2.21. The SMILES string of the molecule is CCNC(=NCCCN1CCCC1)N1CCOC(c2cnn(C)c2)C1. The van der Waals surface area contributed by atoms with Crippen molar-refractivity contribution < 1.29 is 4.74 Å². The summed E-state index contributed by atoms with van der Waals surface area (Å²) in [6.45, 7) is 10.0. The Bertz CT molecular complexity index is 552. The lowest BCUT2D eigenvalue weighted by molar-refractivity contribution is -0.00804. The van der Waals surface area contributed by atoms with Crippen LogP contribution >= 0.6 is 0 Å². The Hall–Kier alpha value is -1.60. The molecule has 2 saturated heterocycles. The molecule has 2 aliphatic rings. The topological polar surface area (TPSA) is 57.9 Å². The van der Waals surface area contributed by atoms with Gasteiger partial charge in [-0.3, -0.25) is 9.67 Å². The lowest BCUT2D eigenvalue weighted by Crippen LogP contribution is -2.48. The summed E-state index contributed by atoms with van der Waals surface area (Å²) in [7, 11) is 1.94. The van der Waals surface area contributed by atoms with Crippen molar-refractivity contribution >= 4 is 5.96 Å². The van der Waals surface area contributed by atoms with Gasteiger partial charge in [0.1, 0.15) is 6.10 Å². The first-order valence-electron chi connectivity index (χ1n) is 9.62. The van der Waals surface area contributed by atoms with Gasteiger partial charge in [-0.2, -0.15) is 5.10 Å². The molecular weight excluding hydrogens is 316 g/mol. The Morgan fingerprint density at radius 3 is 2.92 bits per heavy atom. The van der Waals surface area contributed by atoms with Gasteiger partial charge in [0.2, 0.25) is 0 Å². The lowest BCUT2D eigenvalue weighted by Gasteiger charge is -2.34. The Balaban J connectivity index is 1.53. The van der Waals surface area contributed by atoms with Crippen molar-refractivity contribution in [1.29, 1.82) is 0 Å². The molecule has 1 unspecified atom stereocenters. The molecule has 2 fully saturated rings. The fourth-order valence-electron chi connectivity index (χ4n) is 3.56. The second kappa shape index (κ2) is 9.20. The molecule has 1 atom stereocenters. The van der Waals surface area contributed by atoms with Gasteiger partial charge in [0, 0.05) is 38.4 Å². The number of morpholine rings is 1. The fourth-order valence-corrected chi connectivity index (χ4v) is 3.56. The highest BCUT2D eigenvalue weighted by Gasteiger charge is 2.25. The summed E-state index contributed by atoms with van der Waals surface area (Å²) in [6, 6.07) is 0. The van der Waals surface area contributed by atoms with Crippen LogP contribution in [0.5, 0.6) is 0 Å². The van der Waals surface area contributed by atoms with Crippen LogP contribution in [0.1, 0.15) is 37.9 Å². The van der Waals surface area contributed by atoms with Crippen molar-refractivity contribution in [1.82, 2.24) is 24.9 Å². The third kappa shape index (κ3) is 5.19. The first-order chi connectivity index (χ1) is 12.3. The molecular formula is C18H32N6O. The minimum Gasteiger partial charge on any atom is -0.370 e. The standard InChI is InChI=1S/C18H32N6O/c1-3-19-18(20-7-6-10-23-8-4-5-9-23)24-11-12-25-17(15-24)16-13-21-22(2)14-16/h13-14,17H,3-12,15H2,1-2H3,(H,19,20). The van der Waals surface area contributed by atoms with Gasteiger partial charge in [0.25, 0.3) is 0 Å². The van der Waals surface area contributed by atoms with Crippen LogP contribution in [0, 0.1) is 0 Å². The van der Waals surface area contributed by atoms with Crippen LogP contribution in [-0.4, -0.2) is 78.0 Å². The molecule has 3 heterocycles. The number of nitrogens with zero attached hydrogens (tertiary/aromatic N) is 5. The molecule has 2 aliphatic heterocycles. The number of ether oxygens (including phenoxy) is 1. The van der Waals surface area contributed by atoms with E-state index in [1.807, 2.05) is 24.1 Å². The molecule has 140 valence electrons. The van der Waals surface area contributed by atoms with Crippen molar-refractivity contribution in [3.63, 3.8) is 0 Å². The van der Waals surface area contributed by atoms with Crippen LogP contribution in [-0.2, 0) is 11.8 Å². The highest BCUT2D eigenvalue weighted by molar-refractivity contribution is 5.80. The highest BCUT2D eigenvalue weighted by atomic mass is 16.5. The van der Waals surface area contributed by atoms with Crippen LogP contribution in [0.2, 0.25) is 0 Å². The summed E-state index contributed by atoms with van der Waals surface area (Å²) < 4.78 is 7.77. The number of nitrogens with one attached hydrogen (secondary N) is 1. The number of likely N-dealkylation sites (tertiary alicyclic amines) is 1. The van der Waals surface area contributed by atoms with E-state index in [0.717, 1.165) is 50.7 Å². The first-order valence-corrected chi connectivity index (χ1v) is 9.62. The summed E-state index contributed by atoms with van der Waals surface area (Å²) >= 11 is 0. The van der Waals surface area contributed by atoms with Gasteiger partial charge in [-0.1, -0.05) is 0 Å². The number of aliphatic imine (C=N–C) groups is 1. The van der Waals surface area contributed by atoms with E-state index < -0.39 is 0 Å². The van der Waals surface area contributed by atoms with Crippen molar-refractivity contribution in [2.24, 2.45) is 12.0 Å². The maximum atomic E-state index is 5.94. The first kappa shape index (κ1) is 18.2. The van der Waals surface area contributed by atoms with Crippen LogP contribution in [0.25, 0.3) is 0 Å². The summed E-state index contributed by atoms with van der Waals surface area (Å²) in [4.78, 5) is 9.73. The average molecular weight is 348 g/mol. The monoisotopic (exact) mass is 348 g/mol. The van der Waals surface area contributed by atoms with E-state index in [2.05, 4.69) is 27.1 Å². The van der Waals surface area contributed by atoms with Gasteiger partial charge in [-0.15, -0.1) is 0 Å². The molecule has 25 heavy (non-hydrogen) atoms. The summed E-state index contributed by atoms with van der Waals surface area (Å²) in [5, 5.41) is 7.71. The molecule has 3 rings (SSSR count). The van der Waals surface area contributed by atoms with E-state index in [4.69, 9.17) is 9.73 Å². The number of hydrogen-bond donors (Lipinski definition) is 1. The molecule has 0 aliphatic carbocycles. The average Bonchev–Trinajstić information content (AvgIpc) is 3.29. The van der Waals surface area contributed by atoms with E-state index in [0.29, 0.717) is 0 Å². The van der Waals surface area contributed by atoms with E-state index >= 15 is 0 Å². The predicted molar refractivity (Wildman–Crippen MR) is 99.7 cm³/mol. The van der Waals surface area contributed by atoms with Crippen molar-refractivity contribution in [3.05, 3.63) is 18.0 Å². The number of hydrogen-bond acceptors (Lipinski definition) is 4. The maximum absolute atomic E-state index is 5.94. The van der Waals surface area contributed by atoms with Gasteiger partial charge < -0.3 is 19.9 Å². The van der Waals surface area contributed by atoms with Crippen molar-refractivity contribution in [2.45, 2.75) is 32.3 Å². The van der Waals surface area contributed by atoms with E-state index in [-0.39, 0.29) is 6.10 Å². The number of rotatable bonds is 6. The summed E-state index contributed by atoms with van der Waals surface area (Å²) in [5.74, 6) is 1.01. The van der Waals surface area contributed by atoms with Crippen LogP contribution in [0.4, 0.5) is 0 Å². The minimum absolute atomic E-state index is 0.0657. The smallest absolute Gasteiger partial charge is 0.194 e. The van der Waals surface area contributed by atoms with Gasteiger partial charge in [-0.05, 0) is 45.8 Å². The van der Waals surface area contributed by atoms with Crippen molar-refractivity contribution in [2.75, 3.05) is 52.4 Å². The molecule has 7 heteroatoms. The van der Waals surface area contributed by atoms with Gasteiger partial charge in [0.05, 0.1) is 19.3 Å². The zero-order valence-electron chi connectivity index (χ0n) is 15.7. The van der Waals surface area contributed by atoms with Gasteiger partial charge >= 0.3 is 0 Å². The normalized spacial score (nSPS) is 22.6. The second-order valence-corrected chi connectivity index (χ2v) is 6.89. The van der Waals surface area contributed by atoms with E-state index in [1.54, 1.807) is 0 Å². The van der Waals surface area contributed by atoms with E-state index in [1.165, 1.54) is 32.5 Å². The Kier molecular flexibility index (Phi) is 6.69. The third-order valence-corrected chi connectivity index (χ3v) is 4.89. The molecule has 0 radical (unpaired) electrons. The molecule has 1 aromatic rings. The maximum Gasteiger partial charge on any atom is 0.194 e. The van der Waals surface area contributed by atoms with Crippen LogP contribution in [0.3, 0.4) is 0 Å². The number of guanidine groups is 1. The Labute approximate surface area is 151 Å². The summed E-state index contributed by atoms with van der Waals surface area (Å²) in [5.41, 5.74) is 1.14. The summed E-state index contributed by atoms with van der Waals surface area (Å²) in [6.07, 6.45) is 7.84. The molecule has 0 saturated carbocycles. The van der Waals surface area contributed by atoms with Gasteiger partial charge in [-0.25, -0.2) is 0 Å². The largest absolute Gasteiger partial charge is 0.370 e. The molecule has 1 N–H and O–H groups in total. The van der Waals surface area contributed by atoms with Crippen molar-refractivity contribution in [3.8, 4) is 0 Å². The molecule has 0 amide bonds. The predicted octanol–water partition coefficient (Wildman–Crippen LogP) is 1.24. The molecule has 0 bridgehead atoms. The second-order valence-electron chi connectivity index (χ2n) is 6.89. The minimum atomic E-state index is 0.0657. The third-order valence-electron chi connectivity index (χ3n) is 4.89. The molecule has 1 aromatic heterocycles. The quantitative estimate of drug-likeness (QED) is 0.476. The zero-order chi connectivity index (χ0) is 17.5. The molecule has 7 nitrogen and oxygen atoms in total. The number of aromatic nitrogens is 2. The number of aryl methyl sites for hydroxylation is 1.